The third kappa shape index (κ3) is 8.04. The molecule has 0 unspecified atom stereocenters. The van der Waals surface area contributed by atoms with Crippen molar-refractivity contribution in [2.24, 2.45) is 56.2 Å². The minimum atomic E-state index is -1.18. The number of carbonyl (C=O) groups is 4. The van der Waals surface area contributed by atoms with Crippen LogP contribution in [0.1, 0.15) is 139 Å². The van der Waals surface area contributed by atoms with Crippen LogP contribution in [-0.2, 0) is 35.2 Å². The average molecular weight is 852 g/mol. The molecule has 0 spiro atoms. The number of esters is 2. The molecule has 10 heteroatoms. The van der Waals surface area contributed by atoms with Gasteiger partial charge in [-0.15, -0.1) is 0 Å². The lowest BCUT2D eigenvalue weighted by molar-refractivity contribution is -0.235. The zero-order valence-corrected chi connectivity index (χ0v) is 39.6. The quantitative estimate of drug-likeness (QED) is 0.183. The van der Waals surface area contributed by atoms with E-state index in [-0.39, 0.29) is 57.8 Å². The molecular weight excluding hydrogens is 776 g/mol. The molecule has 334 valence electrons. The highest BCUT2D eigenvalue weighted by molar-refractivity contribution is 6.31. The molecule has 0 heterocycles. The third-order valence-corrected chi connectivity index (χ3v) is 17.8. The van der Waals surface area contributed by atoms with Gasteiger partial charge in [0, 0.05) is 55.4 Å². The number of aliphatic carboxylic acids is 1. The lowest BCUT2D eigenvalue weighted by Gasteiger charge is -2.72. The van der Waals surface area contributed by atoms with Crippen molar-refractivity contribution in [2.45, 2.75) is 152 Å². The number of Topliss-reactive ketones (excluding diaryl/α,β-unsaturated/α-hetero) is 1. The van der Waals surface area contributed by atoms with Gasteiger partial charge < -0.3 is 19.5 Å². The van der Waals surface area contributed by atoms with E-state index in [1.165, 1.54) is 12.5 Å². The van der Waals surface area contributed by atoms with Gasteiger partial charge in [0.2, 0.25) is 0 Å². The summed E-state index contributed by atoms with van der Waals surface area (Å²) < 4.78 is 12.7. The number of allylic oxidation sites excluding steroid dienone is 1. The second-order valence-corrected chi connectivity index (χ2v) is 22.7. The Morgan fingerprint density at radius 2 is 1.60 bits per heavy atom. The molecule has 60 heavy (non-hydrogen) atoms. The fourth-order valence-electron chi connectivity index (χ4n) is 14.1. The highest BCUT2D eigenvalue weighted by atomic mass is 35.5. The van der Waals surface area contributed by atoms with Crippen LogP contribution in [0.25, 0.3) is 0 Å². The minimum absolute atomic E-state index is 0.00209. The Kier molecular flexibility index (Phi) is 13.0. The lowest BCUT2D eigenvalue weighted by Crippen LogP contribution is -2.66. The van der Waals surface area contributed by atoms with Crippen molar-refractivity contribution >= 4 is 35.3 Å². The van der Waals surface area contributed by atoms with Gasteiger partial charge in [-0.05, 0) is 142 Å². The summed E-state index contributed by atoms with van der Waals surface area (Å²) in [6, 6.07) is 7.95. The maximum Gasteiger partial charge on any atom is 0.309 e. The summed E-state index contributed by atoms with van der Waals surface area (Å²) >= 11 is 6.74. The number of benzene rings is 1. The minimum Gasteiger partial charge on any atom is -0.481 e. The van der Waals surface area contributed by atoms with Gasteiger partial charge >= 0.3 is 17.9 Å². The van der Waals surface area contributed by atoms with E-state index in [0.717, 1.165) is 75.6 Å². The molecule has 0 aliphatic heterocycles. The molecule has 1 aromatic carbocycles. The molecule has 0 saturated heterocycles. The van der Waals surface area contributed by atoms with E-state index in [2.05, 4.69) is 78.4 Å². The number of carboxylic acids is 1. The number of hydrogen-bond acceptors (Lipinski definition) is 8. The number of likely N-dealkylation sites (N-methyl/N-ethyl adjacent to an activating group) is 1. The molecule has 0 bridgehead atoms. The van der Waals surface area contributed by atoms with E-state index in [0.29, 0.717) is 36.4 Å². The third-order valence-electron chi connectivity index (χ3n) is 17.4. The van der Waals surface area contributed by atoms with Crippen LogP contribution in [0.4, 0.5) is 0 Å². The van der Waals surface area contributed by atoms with E-state index in [1.807, 2.05) is 18.2 Å². The Morgan fingerprint density at radius 3 is 2.22 bits per heavy atom. The van der Waals surface area contributed by atoms with E-state index in [9.17, 15) is 24.3 Å². The van der Waals surface area contributed by atoms with Crippen molar-refractivity contribution in [3.63, 3.8) is 0 Å². The maximum atomic E-state index is 14.6. The first-order valence-corrected chi connectivity index (χ1v) is 23.2. The maximum absolute atomic E-state index is 14.6. The predicted molar refractivity (Wildman–Crippen MR) is 236 cm³/mol. The summed E-state index contributed by atoms with van der Waals surface area (Å²) in [5.41, 5.74) is 1.21. The van der Waals surface area contributed by atoms with E-state index >= 15 is 0 Å². The van der Waals surface area contributed by atoms with Crippen LogP contribution in [0.3, 0.4) is 0 Å². The Labute approximate surface area is 365 Å². The van der Waals surface area contributed by atoms with Gasteiger partial charge in [0.15, 0.2) is 5.78 Å². The number of rotatable bonds is 14. The van der Waals surface area contributed by atoms with Crippen LogP contribution >= 0.6 is 11.6 Å². The largest absolute Gasteiger partial charge is 0.481 e. The molecule has 5 aliphatic carbocycles. The molecule has 0 amide bonds. The molecular formula is C50H75ClN2O7. The van der Waals surface area contributed by atoms with Crippen LogP contribution in [0.5, 0.6) is 0 Å². The number of nitrogens with zero attached hydrogens (tertiary/aromatic N) is 2. The molecule has 4 fully saturated rings. The van der Waals surface area contributed by atoms with Crippen molar-refractivity contribution in [3.8, 4) is 0 Å². The first-order chi connectivity index (χ1) is 27.8. The van der Waals surface area contributed by atoms with Gasteiger partial charge in [0.1, 0.15) is 12.2 Å². The summed E-state index contributed by atoms with van der Waals surface area (Å²) in [5.74, 6) is -0.492. The standard InChI is InChI=1S/C50H75ClN2O7/c1-31(2)42-36(55)27-50(40(59-32(3)54)30-53(26-25-52(11)12)29-33-15-13-14-16-35(33)51)24-23-48(9)34(43(42)50)17-18-38-47(8)21-20-39(60-41(56)28-45(4,5)44(57)58)46(6,7)37(47)19-22-49(38,48)10/h13-16,31,34,37-40H,17-30H2,1-12H3,(H,57,58)/t34-,37+,38-,39+,40+,47+,48-,49-,50+/m1/s1. The predicted octanol–water partition coefficient (Wildman–Crippen LogP) is 10.0. The van der Waals surface area contributed by atoms with Crippen molar-refractivity contribution in [3.05, 3.63) is 46.0 Å². The van der Waals surface area contributed by atoms with E-state index < -0.39 is 28.9 Å². The fraction of sp³-hybridized carbons (Fsp3) is 0.760. The summed E-state index contributed by atoms with van der Waals surface area (Å²) in [4.78, 5) is 57.4. The number of carbonyl (C=O) groups excluding carboxylic acids is 3. The normalized spacial score (nSPS) is 34.2. The monoisotopic (exact) mass is 851 g/mol. The topological polar surface area (TPSA) is 113 Å². The van der Waals surface area contributed by atoms with Gasteiger partial charge in [-0.3, -0.25) is 24.1 Å². The van der Waals surface area contributed by atoms with Gasteiger partial charge in [-0.2, -0.15) is 0 Å². The Balaban J connectivity index is 1.34. The highest BCUT2D eigenvalue weighted by Gasteiger charge is 2.71. The van der Waals surface area contributed by atoms with E-state index in [4.69, 9.17) is 21.1 Å². The molecule has 9 atom stereocenters. The van der Waals surface area contributed by atoms with Crippen molar-refractivity contribution in [2.75, 3.05) is 33.7 Å². The summed E-state index contributed by atoms with van der Waals surface area (Å²) in [6.45, 7) is 23.9. The molecule has 4 saturated carbocycles. The molecule has 1 aromatic rings. The summed E-state index contributed by atoms with van der Waals surface area (Å²) in [5, 5.41) is 10.4. The highest BCUT2D eigenvalue weighted by Crippen LogP contribution is 2.77. The average Bonchev–Trinajstić information content (AvgIpc) is 3.45. The molecule has 5 aliphatic rings. The number of ketones is 1. The summed E-state index contributed by atoms with van der Waals surface area (Å²) in [6.07, 6.45) is 7.04. The SMILES string of the molecule is CC(=O)O[C@@H](CN(CCN(C)C)Cc1ccccc1Cl)[C@@]12CC[C@]3(C)[C@H](CC[C@@H]4[C@@]5(C)CC[C@H](OC(=O)CC(C)(C)C(=O)O)C(C)(C)[C@@H]5CC[C@]43C)C1=C(C(C)C)C(=O)C2. The zero-order valence-electron chi connectivity index (χ0n) is 38.8. The van der Waals surface area contributed by atoms with E-state index in [1.54, 1.807) is 13.8 Å². The number of ether oxygens (including phenoxy) is 2. The number of halogens is 1. The van der Waals surface area contributed by atoms with Gasteiger partial charge in [0.05, 0.1) is 11.8 Å². The second-order valence-electron chi connectivity index (χ2n) is 22.3. The van der Waals surface area contributed by atoms with Crippen LogP contribution in [0.2, 0.25) is 5.02 Å². The van der Waals surface area contributed by atoms with Gasteiger partial charge in [-0.25, -0.2) is 0 Å². The number of carboxylic acid groups (broad SMARTS) is 1. The first-order valence-electron chi connectivity index (χ1n) is 22.8. The van der Waals surface area contributed by atoms with Crippen LogP contribution < -0.4 is 0 Å². The zero-order chi connectivity index (χ0) is 44.4. The fourth-order valence-corrected chi connectivity index (χ4v) is 14.3. The smallest absolute Gasteiger partial charge is 0.309 e. The van der Waals surface area contributed by atoms with Crippen LogP contribution in [-0.4, -0.2) is 84.5 Å². The first kappa shape index (κ1) is 46.7. The molecule has 0 aromatic heterocycles. The second kappa shape index (κ2) is 16.7. The van der Waals surface area contributed by atoms with Gasteiger partial charge in [0.25, 0.3) is 0 Å². The van der Waals surface area contributed by atoms with Crippen molar-refractivity contribution < 1.29 is 33.8 Å². The lowest BCUT2D eigenvalue weighted by atomic mass is 9.33. The van der Waals surface area contributed by atoms with Crippen molar-refractivity contribution in [1.29, 1.82) is 0 Å². The van der Waals surface area contributed by atoms with Gasteiger partial charge in [-0.1, -0.05) is 78.3 Å². The molecule has 9 nitrogen and oxygen atoms in total. The molecule has 6 rings (SSSR count). The van der Waals surface area contributed by atoms with Crippen LogP contribution in [0, 0.1) is 56.2 Å². The van der Waals surface area contributed by atoms with Crippen LogP contribution in [0.15, 0.2) is 35.4 Å². The Bertz CT molecular complexity index is 1870. The number of fused-ring (bicyclic) bond motifs is 7. The van der Waals surface area contributed by atoms with Crippen molar-refractivity contribution in [1.82, 2.24) is 9.80 Å². The Morgan fingerprint density at radius 1 is 0.917 bits per heavy atom. The molecule has 1 N–H and O–H groups in total. The summed E-state index contributed by atoms with van der Waals surface area (Å²) in [7, 11) is 4.14. The Hall–Kier alpha value is -2.75. The molecule has 0 radical (unpaired) electrons. The number of hydrogen-bond donors (Lipinski definition) is 1.